The second-order valence-electron chi connectivity index (χ2n) is 5.53. The van der Waals surface area contributed by atoms with Crippen molar-refractivity contribution in [2.75, 3.05) is 13.2 Å². The molecule has 0 aromatic heterocycles. The largest absolute Gasteiger partial charge is 0.394 e. The molecular formula is C12H22O11. The average molecular weight is 342 g/mol. The van der Waals surface area contributed by atoms with Crippen molar-refractivity contribution in [1.29, 1.82) is 0 Å². The molecule has 0 spiro atoms. The van der Waals surface area contributed by atoms with Crippen molar-refractivity contribution in [3.63, 3.8) is 0 Å². The quantitative estimate of drug-likeness (QED) is 0.243. The molecule has 23 heavy (non-hydrogen) atoms. The van der Waals surface area contributed by atoms with Crippen LogP contribution in [0.25, 0.3) is 0 Å². The van der Waals surface area contributed by atoms with Crippen molar-refractivity contribution < 1.29 is 55.1 Å². The molecule has 2 aliphatic rings. The summed E-state index contributed by atoms with van der Waals surface area (Å²) in [6, 6.07) is 0. The molecule has 0 saturated carbocycles. The molecule has 2 rings (SSSR count). The van der Waals surface area contributed by atoms with E-state index in [1.807, 2.05) is 0 Å². The Labute approximate surface area is 130 Å². The van der Waals surface area contributed by atoms with E-state index in [2.05, 4.69) is 0 Å². The Kier molecular flexibility index (Phi) is 6.27. The molecule has 10 atom stereocenters. The molecule has 1 unspecified atom stereocenters. The fourth-order valence-corrected chi connectivity index (χ4v) is 2.57. The predicted molar refractivity (Wildman–Crippen MR) is 68.6 cm³/mol. The summed E-state index contributed by atoms with van der Waals surface area (Å²) in [5.74, 6) is 0. The van der Waals surface area contributed by atoms with Crippen LogP contribution in [0.1, 0.15) is 0 Å². The molecule has 0 aromatic rings. The van der Waals surface area contributed by atoms with E-state index < -0.39 is 74.6 Å². The standard InChI is InChI=1S/C12H22O11/c13-1-3-5(15)6(16)9(19)12(22-3)23-10-4(2-14)21-11(20)8(18)7(10)17/h3-20H,1-2H2/t3-,4-,5-,6+,7-,8-,9?,10-,11-,12-/m1/s1. The molecule has 2 aliphatic heterocycles. The van der Waals surface area contributed by atoms with Crippen molar-refractivity contribution in [3.8, 4) is 0 Å². The molecule has 2 heterocycles. The van der Waals surface area contributed by atoms with Crippen molar-refractivity contribution in [3.05, 3.63) is 0 Å². The fourth-order valence-electron chi connectivity index (χ4n) is 2.57. The van der Waals surface area contributed by atoms with Gasteiger partial charge >= 0.3 is 0 Å². The van der Waals surface area contributed by atoms with Gasteiger partial charge in [-0.05, 0) is 0 Å². The van der Waals surface area contributed by atoms with Crippen LogP contribution in [0, 0.1) is 0 Å². The van der Waals surface area contributed by atoms with Gasteiger partial charge in [-0.1, -0.05) is 0 Å². The van der Waals surface area contributed by atoms with E-state index in [-0.39, 0.29) is 0 Å². The van der Waals surface area contributed by atoms with Gasteiger partial charge in [-0.3, -0.25) is 0 Å². The van der Waals surface area contributed by atoms with Crippen LogP contribution in [0.3, 0.4) is 0 Å². The summed E-state index contributed by atoms with van der Waals surface area (Å²) >= 11 is 0. The molecule has 11 heteroatoms. The zero-order valence-corrected chi connectivity index (χ0v) is 12.0. The van der Waals surface area contributed by atoms with Crippen LogP contribution in [0.15, 0.2) is 0 Å². The van der Waals surface area contributed by atoms with Crippen molar-refractivity contribution in [2.24, 2.45) is 0 Å². The SMILES string of the molecule is OC[C@H]1O[C@H](O[C@H]2[C@H](O)[C@@H](O)[C@H](O)O[C@@H]2CO)C(O)[C@@H](O)[C@@H]1O. The third kappa shape index (κ3) is 3.65. The molecule has 0 aromatic carbocycles. The molecule has 0 bridgehead atoms. The molecule has 0 radical (unpaired) electrons. The summed E-state index contributed by atoms with van der Waals surface area (Å²) in [6.07, 6.45) is -15.6. The van der Waals surface area contributed by atoms with Gasteiger partial charge in [-0.25, -0.2) is 0 Å². The molecule has 11 nitrogen and oxygen atoms in total. The normalized spacial score (nSPS) is 51.7. The minimum Gasteiger partial charge on any atom is -0.394 e. The van der Waals surface area contributed by atoms with Crippen LogP contribution in [0.2, 0.25) is 0 Å². The first-order chi connectivity index (χ1) is 10.8. The van der Waals surface area contributed by atoms with E-state index in [9.17, 15) is 35.7 Å². The van der Waals surface area contributed by atoms with Gasteiger partial charge in [0.25, 0.3) is 0 Å². The number of hydrogen-bond acceptors (Lipinski definition) is 11. The average Bonchev–Trinajstić information content (AvgIpc) is 2.55. The van der Waals surface area contributed by atoms with Crippen LogP contribution >= 0.6 is 0 Å². The summed E-state index contributed by atoms with van der Waals surface area (Å²) in [5.41, 5.74) is 0. The predicted octanol–water partition coefficient (Wildman–Crippen LogP) is -5.40. The Bertz CT molecular complexity index is 378. The van der Waals surface area contributed by atoms with Gasteiger partial charge < -0.3 is 55.1 Å². The fraction of sp³-hybridized carbons (Fsp3) is 1.00. The molecule has 8 N–H and O–H groups in total. The Hall–Kier alpha value is -0.440. The highest BCUT2D eigenvalue weighted by Gasteiger charge is 2.50. The first kappa shape index (κ1) is 18.9. The van der Waals surface area contributed by atoms with Gasteiger partial charge in [-0.15, -0.1) is 0 Å². The summed E-state index contributed by atoms with van der Waals surface area (Å²) < 4.78 is 15.3. The van der Waals surface area contributed by atoms with Crippen molar-refractivity contribution in [2.45, 2.75) is 61.4 Å². The van der Waals surface area contributed by atoms with Crippen molar-refractivity contribution >= 4 is 0 Å². The first-order valence-corrected chi connectivity index (χ1v) is 7.08. The lowest BCUT2D eigenvalue weighted by Gasteiger charge is -2.45. The summed E-state index contributed by atoms with van der Waals surface area (Å²) in [7, 11) is 0. The number of aliphatic hydroxyl groups excluding tert-OH is 8. The van der Waals surface area contributed by atoms with Crippen LogP contribution < -0.4 is 0 Å². The van der Waals surface area contributed by atoms with Gasteiger partial charge in [0, 0.05) is 0 Å². The number of hydrogen-bond donors (Lipinski definition) is 8. The van der Waals surface area contributed by atoms with Crippen LogP contribution in [0.5, 0.6) is 0 Å². The van der Waals surface area contributed by atoms with Crippen molar-refractivity contribution in [1.82, 2.24) is 0 Å². The zero-order chi connectivity index (χ0) is 17.3. The maximum Gasteiger partial charge on any atom is 0.187 e. The number of ether oxygens (including phenoxy) is 3. The molecular weight excluding hydrogens is 320 g/mol. The van der Waals surface area contributed by atoms with E-state index in [1.165, 1.54) is 0 Å². The summed E-state index contributed by atoms with van der Waals surface area (Å²) in [6.45, 7) is -1.35. The molecule has 2 fully saturated rings. The highest BCUT2D eigenvalue weighted by atomic mass is 16.7. The van der Waals surface area contributed by atoms with E-state index in [1.54, 1.807) is 0 Å². The summed E-state index contributed by atoms with van der Waals surface area (Å²) in [4.78, 5) is 0. The van der Waals surface area contributed by atoms with E-state index in [0.29, 0.717) is 0 Å². The minimum atomic E-state index is -1.74. The topological polar surface area (TPSA) is 190 Å². The van der Waals surface area contributed by atoms with Crippen LogP contribution in [-0.4, -0.2) is 115 Å². The second kappa shape index (κ2) is 7.63. The highest BCUT2D eigenvalue weighted by molar-refractivity contribution is 4.93. The highest BCUT2D eigenvalue weighted by Crippen LogP contribution is 2.28. The lowest BCUT2D eigenvalue weighted by Crippen LogP contribution is -2.64. The van der Waals surface area contributed by atoms with Crippen LogP contribution in [0.4, 0.5) is 0 Å². The lowest BCUT2D eigenvalue weighted by atomic mass is 9.97. The molecule has 0 aliphatic carbocycles. The minimum absolute atomic E-state index is 0.667. The smallest absolute Gasteiger partial charge is 0.187 e. The van der Waals surface area contributed by atoms with Gasteiger partial charge in [0.15, 0.2) is 12.6 Å². The Morgan fingerprint density at radius 2 is 1.26 bits per heavy atom. The number of aliphatic hydroxyl groups is 8. The molecule has 0 amide bonds. The van der Waals surface area contributed by atoms with Gasteiger partial charge in [-0.2, -0.15) is 0 Å². The zero-order valence-electron chi connectivity index (χ0n) is 12.0. The van der Waals surface area contributed by atoms with Gasteiger partial charge in [0.1, 0.15) is 48.8 Å². The first-order valence-electron chi connectivity index (χ1n) is 7.08. The Morgan fingerprint density at radius 1 is 0.652 bits per heavy atom. The molecule has 136 valence electrons. The van der Waals surface area contributed by atoms with Crippen LogP contribution in [-0.2, 0) is 14.2 Å². The third-order valence-corrected chi connectivity index (χ3v) is 3.98. The summed E-state index contributed by atoms with van der Waals surface area (Å²) in [5, 5.41) is 76.5. The Morgan fingerprint density at radius 3 is 1.83 bits per heavy atom. The monoisotopic (exact) mass is 342 g/mol. The van der Waals surface area contributed by atoms with E-state index in [4.69, 9.17) is 19.3 Å². The third-order valence-electron chi connectivity index (χ3n) is 3.98. The van der Waals surface area contributed by atoms with Gasteiger partial charge in [0.05, 0.1) is 13.2 Å². The van der Waals surface area contributed by atoms with E-state index in [0.717, 1.165) is 0 Å². The lowest BCUT2D eigenvalue weighted by molar-refractivity contribution is -0.355. The number of rotatable bonds is 4. The second-order valence-corrected chi connectivity index (χ2v) is 5.53. The maximum absolute atomic E-state index is 9.94. The molecule has 2 saturated heterocycles. The van der Waals surface area contributed by atoms with E-state index >= 15 is 0 Å². The Balaban J connectivity index is 2.11. The maximum atomic E-state index is 9.94. The van der Waals surface area contributed by atoms with Gasteiger partial charge in [0.2, 0.25) is 0 Å².